The molecule has 1 atom stereocenters. The van der Waals surface area contributed by atoms with Gasteiger partial charge in [0.1, 0.15) is 11.5 Å². The fourth-order valence-corrected chi connectivity index (χ4v) is 2.02. The summed E-state index contributed by atoms with van der Waals surface area (Å²) in [5.41, 5.74) is 3.13. The highest BCUT2D eigenvalue weighted by Gasteiger charge is 2.12. The maximum Gasteiger partial charge on any atom is 0.344 e. The number of hydrogen-bond acceptors (Lipinski definition) is 3. The van der Waals surface area contributed by atoms with Gasteiger partial charge in [-0.3, -0.25) is 0 Å². The zero-order valence-corrected chi connectivity index (χ0v) is 12.3. The van der Waals surface area contributed by atoms with Gasteiger partial charge in [-0.2, -0.15) is 0 Å². The van der Waals surface area contributed by atoms with E-state index in [0.29, 0.717) is 5.75 Å². The summed E-state index contributed by atoms with van der Waals surface area (Å²) in [6.07, 6.45) is -0.871. The van der Waals surface area contributed by atoms with Crippen molar-refractivity contribution in [2.75, 3.05) is 7.11 Å². The monoisotopic (exact) mass is 286 g/mol. The summed E-state index contributed by atoms with van der Waals surface area (Å²) < 4.78 is 10.7. The number of ether oxygens (including phenoxy) is 2. The van der Waals surface area contributed by atoms with Crippen LogP contribution in [0.5, 0.6) is 11.5 Å². The molecule has 0 amide bonds. The van der Waals surface area contributed by atoms with E-state index in [-0.39, 0.29) is 0 Å². The van der Waals surface area contributed by atoms with Crippen LogP contribution < -0.4 is 9.47 Å². The molecule has 1 unspecified atom stereocenters. The SMILES string of the molecule is COc1ccc(C)cc1-c1ccc(OC(C)C(=O)O)cc1. The van der Waals surface area contributed by atoms with Crippen molar-refractivity contribution in [3.63, 3.8) is 0 Å². The number of aliphatic carboxylic acids is 1. The second-order valence-electron chi connectivity index (χ2n) is 4.83. The lowest BCUT2D eigenvalue weighted by atomic mass is 10.0. The summed E-state index contributed by atoms with van der Waals surface area (Å²) in [4.78, 5) is 10.8. The molecule has 0 aliphatic rings. The van der Waals surface area contributed by atoms with E-state index in [1.807, 2.05) is 31.2 Å². The normalized spacial score (nSPS) is 11.8. The molecule has 2 rings (SSSR count). The van der Waals surface area contributed by atoms with Crippen molar-refractivity contribution in [2.45, 2.75) is 20.0 Å². The Labute approximate surface area is 123 Å². The first-order valence-electron chi connectivity index (χ1n) is 6.66. The molecule has 0 bridgehead atoms. The number of hydrogen-bond donors (Lipinski definition) is 1. The van der Waals surface area contributed by atoms with E-state index in [0.717, 1.165) is 22.4 Å². The molecule has 0 heterocycles. The van der Waals surface area contributed by atoms with Crippen LogP contribution in [0.3, 0.4) is 0 Å². The molecule has 2 aromatic carbocycles. The van der Waals surface area contributed by atoms with Crippen molar-refractivity contribution in [3.8, 4) is 22.6 Å². The van der Waals surface area contributed by atoms with Gasteiger partial charge in [-0.25, -0.2) is 4.79 Å². The standard InChI is InChI=1S/C17H18O4/c1-11-4-9-16(20-3)15(10-11)13-5-7-14(8-6-13)21-12(2)17(18)19/h4-10,12H,1-3H3,(H,18,19). The Hall–Kier alpha value is -2.49. The van der Waals surface area contributed by atoms with Gasteiger partial charge in [-0.1, -0.05) is 23.8 Å². The molecule has 2 aromatic rings. The van der Waals surface area contributed by atoms with Crippen molar-refractivity contribution < 1.29 is 19.4 Å². The van der Waals surface area contributed by atoms with Crippen LogP contribution in [0, 0.1) is 6.92 Å². The fraction of sp³-hybridized carbons (Fsp3) is 0.235. The lowest BCUT2D eigenvalue weighted by Gasteiger charge is -2.12. The highest BCUT2D eigenvalue weighted by molar-refractivity contribution is 5.73. The smallest absolute Gasteiger partial charge is 0.344 e. The first kappa shape index (κ1) is 14.9. The van der Waals surface area contributed by atoms with Crippen LogP contribution in [0.2, 0.25) is 0 Å². The average Bonchev–Trinajstić information content (AvgIpc) is 2.48. The molecular weight excluding hydrogens is 268 g/mol. The predicted octanol–water partition coefficient (Wildman–Crippen LogP) is 3.52. The van der Waals surface area contributed by atoms with Crippen LogP contribution in [0.4, 0.5) is 0 Å². The van der Waals surface area contributed by atoms with Crippen molar-refractivity contribution in [2.24, 2.45) is 0 Å². The molecule has 21 heavy (non-hydrogen) atoms. The highest BCUT2D eigenvalue weighted by Crippen LogP contribution is 2.31. The number of aryl methyl sites for hydroxylation is 1. The van der Waals surface area contributed by atoms with Gasteiger partial charge in [-0.15, -0.1) is 0 Å². The molecular formula is C17H18O4. The molecule has 4 nitrogen and oxygen atoms in total. The minimum Gasteiger partial charge on any atom is -0.496 e. The van der Waals surface area contributed by atoms with E-state index >= 15 is 0 Å². The maximum absolute atomic E-state index is 10.8. The zero-order chi connectivity index (χ0) is 15.4. The second kappa shape index (κ2) is 6.31. The van der Waals surface area contributed by atoms with Crippen LogP contribution in [-0.2, 0) is 4.79 Å². The van der Waals surface area contributed by atoms with E-state index in [1.165, 1.54) is 6.92 Å². The number of rotatable bonds is 5. The molecule has 1 N–H and O–H groups in total. The number of methoxy groups -OCH3 is 1. The van der Waals surface area contributed by atoms with Gasteiger partial charge in [0, 0.05) is 5.56 Å². The minimum absolute atomic E-state index is 0.528. The summed E-state index contributed by atoms with van der Waals surface area (Å²) in [7, 11) is 1.64. The first-order chi connectivity index (χ1) is 10.0. The summed E-state index contributed by atoms with van der Waals surface area (Å²) in [6.45, 7) is 3.52. The van der Waals surface area contributed by atoms with Crippen LogP contribution >= 0.6 is 0 Å². The van der Waals surface area contributed by atoms with Crippen LogP contribution in [-0.4, -0.2) is 24.3 Å². The molecule has 110 valence electrons. The molecule has 0 aliphatic carbocycles. The van der Waals surface area contributed by atoms with Gasteiger partial charge >= 0.3 is 5.97 Å². The molecule has 4 heteroatoms. The quantitative estimate of drug-likeness (QED) is 0.913. The second-order valence-corrected chi connectivity index (χ2v) is 4.83. The Morgan fingerprint density at radius 2 is 1.81 bits per heavy atom. The Bertz CT molecular complexity index is 632. The third-order valence-corrected chi connectivity index (χ3v) is 3.18. The third kappa shape index (κ3) is 3.54. The first-order valence-corrected chi connectivity index (χ1v) is 6.66. The van der Waals surface area contributed by atoms with Crippen LogP contribution in [0.25, 0.3) is 11.1 Å². The molecule has 0 radical (unpaired) electrons. The van der Waals surface area contributed by atoms with E-state index in [9.17, 15) is 4.79 Å². The van der Waals surface area contributed by atoms with E-state index < -0.39 is 12.1 Å². The number of carboxylic acids is 1. The minimum atomic E-state index is -0.987. The lowest BCUT2D eigenvalue weighted by molar-refractivity contribution is -0.144. The summed E-state index contributed by atoms with van der Waals surface area (Å²) in [5, 5.41) is 8.83. The summed E-state index contributed by atoms with van der Waals surface area (Å²) in [5.74, 6) is 0.341. The maximum atomic E-state index is 10.8. The zero-order valence-electron chi connectivity index (χ0n) is 12.3. The summed E-state index contributed by atoms with van der Waals surface area (Å²) >= 11 is 0. The van der Waals surface area contributed by atoms with Gasteiger partial charge < -0.3 is 14.6 Å². The van der Waals surface area contributed by atoms with Gasteiger partial charge in [0.25, 0.3) is 0 Å². The van der Waals surface area contributed by atoms with Gasteiger partial charge in [0.2, 0.25) is 0 Å². The molecule has 0 saturated heterocycles. The molecule has 0 saturated carbocycles. The molecule has 0 aromatic heterocycles. The Kier molecular flexibility index (Phi) is 4.48. The van der Waals surface area contributed by atoms with Crippen LogP contribution in [0.15, 0.2) is 42.5 Å². The molecule has 0 spiro atoms. The third-order valence-electron chi connectivity index (χ3n) is 3.18. The molecule has 0 aliphatic heterocycles. The van der Waals surface area contributed by atoms with Crippen molar-refractivity contribution >= 4 is 5.97 Å². The van der Waals surface area contributed by atoms with Gasteiger partial charge in [0.05, 0.1) is 7.11 Å². The predicted molar refractivity (Wildman–Crippen MR) is 80.9 cm³/mol. The fourth-order valence-electron chi connectivity index (χ4n) is 2.02. The van der Waals surface area contributed by atoms with E-state index in [4.69, 9.17) is 14.6 Å². The Balaban J connectivity index is 2.27. The van der Waals surface area contributed by atoms with Crippen molar-refractivity contribution in [1.82, 2.24) is 0 Å². The lowest BCUT2D eigenvalue weighted by Crippen LogP contribution is -2.22. The summed E-state index contributed by atoms with van der Waals surface area (Å²) in [6, 6.07) is 13.3. The Morgan fingerprint density at radius 3 is 2.38 bits per heavy atom. The van der Waals surface area contributed by atoms with Gasteiger partial charge in [-0.05, 0) is 43.7 Å². The number of benzene rings is 2. The number of carbonyl (C=O) groups is 1. The highest BCUT2D eigenvalue weighted by atomic mass is 16.5. The Morgan fingerprint density at radius 1 is 1.14 bits per heavy atom. The molecule has 0 fully saturated rings. The van der Waals surface area contributed by atoms with Crippen molar-refractivity contribution in [1.29, 1.82) is 0 Å². The largest absolute Gasteiger partial charge is 0.496 e. The number of carboxylic acid groups (broad SMARTS) is 1. The van der Waals surface area contributed by atoms with E-state index in [1.54, 1.807) is 19.2 Å². The topological polar surface area (TPSA) is 55.8 Å². The van der Waals surface area contributed by atoms with E-state index in [2.05, 4.69) is 6.07 Å². The van der Waals surface area contributed by atoms with Gasteiger partial charge in [0.15, 0.2) is 6.10 Å². The van der Waals surface area contributed by atoms with Crippen molar-refractivity contribution in [3.05, 3.63) is 48.0 Å². The average molecular weight is 286 g/mol. The van der Waals surface area contributed by atoms with Crippen LogP contribution in [0.1, 0.15) is 12.5 Å².